The normalized spacial score (nSPS) is 10.9. The van der Waals surface area contributed by atoms with Gasteiger partial charge in [-0.05, 0) is 18.2 Å². The van der Waals surface area contributed by atoms with Gasteiger partial charge in [0.25, 0.3) is 10.0 Å². The van der Waals surface area contributed by atoms with Gasteiger partial charge in [-0.25, -0.2) is 13.4 Å². The van der Waals surface area contributed by atoms with E-state index < -0.39 is 10.0 Å². The minimum atomic E-state index is -3.62. The van der Waals surface area contributed by atoms with E-state index in [-0.39, 0.29) is 4.90 Å². The van der Waals surface area contributed by atoms with Crippen LogP contribution in [0.15, 0.2) is 47.8 Å². The number of rotatable bonds is 4. The van der Waals surface area contributed by atoms with Crippen LogP contribution in [0, 0.1) is 0 Å². The Morgan fingerprint density at radius 2 is 2.06 bits per heavy atom. The number of hydrogen-bond donors (Lipinski definition) is 2. The predicted molar refractivity (Wildman–Crippen MR) is 68.8 cm³/mol. The van der Waals surface area contributed by atoms with Crippen molar-refractivity contribution in [3.8, 4) is 0 Å². The van der Waals surface area contributed by atoms with Crippen molar-refractivity contribution in [3.63, 3.8) is 0 Å². The van der Waals surface area contributed by atoms with Crippen LogP contribution in [0.4, 0.5) is 11.5 Å². The topological polar surface area (TPSA) is 84.0 Å². The Morgan fingerprint density at radius 3 is 2.72 bits per heavy atom. The van der Waals surface area contributed by atoms with E-state index in [9.17, 15) is 8.42 Å². The van der Waals surface area contributed by atoms with Crippen molar-refractivity contribution >= 4 is 21.5 Å². The molecule has 94 valence electrons. The second-order valence-electron chi connectivity index (χ2n) is 3.47. The summed E-state index contributed by atoms with van der Waals surface area (Å²) in [6.07, 6.45) is 4.45. The van der Waals surface area contributed by atoms with E-state index in [1.165, 1.54) is 24.5 Å². The van der Waals surface area contributed by atoms with Gasteiger partial charge in [0.1, 0.15) is 5.82 Å². The van der Waals surface area contributed by atoms with Crippen molar-refractivity contribution in [2.45, 2.75) is 4.90 Å². The molecule has 0 aliphatic rings. The minimum absolute atomic E-state index is 0.144. The maximum atomic E-state index is 12.1. The first kappa shape index (κ1) is 12.3. The van der Waals surface area contributed by atoms with Crippen molar-refractivity contribution in [1.29, 1.82) is 0 Å². The van der Waals surface area contributed by atoms with Gasteiger partial charge in [-0.15, -0.1) is 0 Å². The molecule has 2 N–H and O–H groups in total. The summed E-state index contributed by atoms with van der Waals surface area (Å²) in [7, 11) is -1.94. The molecule has 7 heteroatoms. The SMILES string of the molecule is CNc1cc(S(=O)(=O)Nc2cccnc2)ccn1. The fourth-order valence-corrected chi connectivity index (χ4v) is 2.41. The van der Waals surface area contributed by atoms with Crippen LogP contribution in [0.3, 0.4) is 0 Å². The van der Waals surface area contributed by atoms with Crippen molar-refractivity contribution in [2.75, 3.05) is 17.1 Å². The van der Waals surface area contributed by atoms with Gasteiger partial charge < -0.3 is 5.32 Å². The second-order valence-corrected chi connectivity index (χ2v) is 5.16. The van der Waals surface area contributed by atoms with Crippen molar-refractivity contribution in [2.24, 2.45) is 0 Å². The average Bonchev–Trinajstić information content (AvgIpc) is 2.39. The lowest BCUT2D eigenvalue weighted by atomic mass is 10.4. The molecule has 0 spiro atoms. The standard InChI is InChI=1S/C11H12N4O2S/c1-12-11-7-10(4-6-14-11)18(16,17)15-9-3-2-5-13-8-9/h2-8,15H,1H3,(H,12,14). The number of hydrogen-bond acceptors (Lipinski definition) is 5. The van der Waals surface area contributed by atoms with Crippen LogP contribution in [-0.4, -0.2) is 25.4 Å². The number of nitrogens with one attached hydrogen (secondary N) is 2. The first-order valence-corrected chi connectivity index (χ1v) is 6.67. The molecule has 0 atom stereocenters. The number of nitrogens with zero attached hydrogens (tertiary/aromatic N) is 2. The molecule has 18 heavy (non-hydrogen) atoms. The highest BCUT2D eigenvalue weighted by Crippen LogP contribution is 2.16. The van der Waals surface area contributed by atoms with Crippen LogP contribution in [-0.2, 0) is 10.0 Å². The third-order valence-corrected chi connectivity index (χ3v) is 3.59. The quantitative estimate of drug-likeness (QED) is 0.870. The number of anilines is 2. The summed E-state index contributed by atoms with van der Waals surface area (Å²) in [4.78, 5) is 7.95. The Balaban J connectivity index is 2.31. The highest BCUT2D eigenvalue weighted by Gasteiger charge is 2.14. The maximum Gasteiger partial charge on any atom is 0.262 e. The molecule has 2 aromatic rings. The average molecular weight is 264 g/mol. The van der Waals surface area contributed by atoms with E-state index in [0.717, 1.165) is 0 Å². The van der Waals surface area contributed by atoms with E-state index in [0.29, 0.717) is 11.5 Å². The Morgan fingerprint density at radius 1 is 1.22 bits per heavy atom. The van der Waals surface area contributed by atoms with Gasteiger partial charge in [-0.1, -0.05) is 0 Å². The zero-order valence-corrected chi connectivity index (χ0v) is 10.5. The molecule has 0 amide bonds. The van der Waals surface area contributed by atoms with E-state index in [4.69, 9.17) is 0 Å². The molecule has 0 saturated heterocycles. The molecule has 0 fully saturated rings. The van der Waals surface area contributed by atoms with Crippen LogP contribution in [0.2, 0.25) is 0 Å². The van der Waals surface area contributed by atoms with Crippen LogP contribution in [0.25, 0.3) is 0 Å². The van der Waals surface area contributed by atoms with Gasteiger partial charge in [-0.3, -0.25) is 9.71 Å². The lowest BCUT2D eigenvalue weighted by Gasteiger charge is -2.08. The van der Waals surface area contributed by atoms with E-state index in [1.54, 1.807) is 25.4 Å². The lowest BCUT2D eigenvalue weighted by molar-refractivity contribution is 0.601. The molecule has 0 aliphatic heterocycles. The molecule has 6 nitrogen and oxygen atoms in total. The summed E-state index contributed by atoms with van der Waals surface area (Å²) in [5.41, 5.74) is 0.417. The monoisotopic (exact) mass is 264 g/mol. The van der Waals surface area contributed by atoms with Crippen LogP contribution in [0.1, 0.15) is 0 Å². The largest absolute Gasteiger partial charge is 0.373 e. The summed E-state index contributed by atoms with van der Waals surface area (Å²) in [5.74, 6) is 0.490. The molecule has 0 saturated carbocycles. The first-order chi connectivity index (χ1) is 8.62. The fraction of sp³-hybridized carbons (Fsp3) is 0.0909. The summed E-state index contributed by atoms with van der Waals surface area (Å²) in [6, 6.07) is 6.17. The minimum Gasteiger partial charge on any atom is -0.373 e. The highest BCUT2D eigenvalue weighted by molar-refractivity contribution is 7.92. The van der Waals surface area contributed by atoms with Gasteiger partial charge in [-0.2, -0.15) is 0 Å². The van der Waals surface area contributed by atoms with Gasteiger partial charge in [0.2, 0.25) is 0 Å². The molecule has 2 heterocycles. The molecular weight excluding hydrogens is 252 g/mol. The first-order valence-electron chi connectivity index (χ1n) is 5.18. The van der Waals surface area contributed by atoms with Crippen LogP contribution >= 0.6 is 0 Å². The maximum absolute atomic E-state index is 12.1. The summed E-state index contributed by atoms with van der Waals surface area (Å²) in [6.45, 7) is 0. The third kappa shape index (κ3) is 2.75. The Bertz CT molecular complexity index is 629. The summed E-state index contributed by atoms with van der Waals surface area (Å²) >= 11 is 0. The summed E-state index contributed by atoms with van der Waals surface area (Å²) < 4.78 is 26.6. The molecular formula is C11H12N4O2S. The van der Waals surface area contributed by atoms with Crippen molar-refractivity contribution in [1.82, 2.24) is 9.97 Å². The number of sulfonamides is 1. The second kappa shape index (κ2) is 5.01. The zero-order valence-electron chi connectivity index (χ0n) is 9.66. The van der Waals surface area contributed by atoms with Crippen molar-refractivity contribution < 1.29 is 8.42 Å². The molecule has 0 radical (unpaired) electrons. The molecule has 0 aliphatic carbocycles. The molecule has 0 aromatic carbocycles. The third-order valence-electron chi connectivity index (χ3n) is 2.21. The Labute approximate surface area is 105 Å². The van der Waals surface area contributed by atoms with Crippen LogP contribution in [0.5, 0.6) is 0 Å². The number of aromatic nitrogens is 2. The highest BCUT2D eigenvalue weighted by atomic mass is 32.2. The molecule has 0 unspecified atom stereocenters. The van der Waals surface area contributed by atoms with E-state index >= 15 is 0 Å². The van der Waals surface area contributed by atoms with Gasteiger partial charge in [0.15, 0.2) is 0 Å². The van der Waals surface area contributed by atoms with Crippen molar-refractivity contribution in [3.05, 3.63) is 42.9 Å². The molecule has 2 aromatic heterocycles. The lowest BCUT2D eigenvalue weighted by Crippen LogP contribution is -2.13. The van der Waals surface area contributed by atoms with Crippen LogP contribution < -0.4 is 10.0 Å². The molecule has 2 rings (SSSR count). The fourth-order valence-electron chi connectivity index (χ4n) is 1.35. The van der Waals surface area contributed by atoms with E-state index in [1.807, 2.05) is 0 Å². The Kier molecular flexibility index (Phi) is 3.42. The smallest absolute Gasteiger partial charge is 0.262 e. The van der Waals surface area contributed by atoms with Gasteiger partial charge in [0, 0.05) is 25.5 Å². The van der Waals surface area contributed by atoms with E-state index in [2.05, 4.69) is 20.0 Å². The molecule has 0 bridgehead atoms. The Hall–Kier alpha value is -2.15. The number of pyridine rings is 2. The summed E-state index contributed by atoms with van der Waals surface area (Å²) in [5, 5.41) is 2.79. The zero-order chi connectivity index (χ0) is 13.0. The van der Waals surface area contributed by atoms with Gasteiger partial charge in [0.05, 0.1) is 16.8 Å². The van der Waals surface area contributed by atoms with Gasteiger partial charge >= 0.3 is 0 Å². The predicted octanol–water partition coefficient (Wildman–Crippen LogP) is 1.32.